The maximum Gasteiger partial charge on any atom is 0.434 e. The molecule has 2 fully saturated rings. The second-order valence-electron chi connectivity index (χ2n) is 7.41. The van der Waals surface area contributed by atoms with Gasteiger partial charge in [-0.05, 0) is 25.2 Å². The van der Waals surface area contributed by atoms with Gasteiger partial charge >= 0.3 is 6.18 Å². The third-order valence-electron chi connectivity index (χ3n) is 5.30. The first-order chi connectivity index (χ1) is 12.9. The average molecular weight is 531 g/mol. The Bertz CT molecular complexity index is 631. The maximum absolute atomic E-state index is 12.6. The van der Waals surface area contributed by atoms with Gasteiger partial charge in [-0.2, -0.15) is 13.2 Å². The Labute approximate surface area is 185 Å². The van der Waals surface area contributed by atoms with Crippen LogP contribution < -0.4 is 10.6 Å². The summed E-state index contributed by atoms with van der Waals surface area (Å²) in [7, 11) is 1.71. The molecule has 1 aliphatic heterocycles. The van der Waals surface area contributed by atoms with Crippen molar-refractivity contribution < 1.29 is 13.2 Å². The quantitative estimate of drug-likeness (QED) is 0.334. The van der Waals surface area contributed by atoms with E-state index in [0.717, 1.165) is 42.1 Å². The van der Waals surface area contributed by atoms with Crippen LogP contribution in [0.5, 0.6) is 0 Å². The van der Waals surface area contributed by atoms with Gasteiger partial charge in [0, 0.05) is 51.1 Å². The number of hydrogen-bond donors (Lipinski definition) is 2. The van der Waals surface area contributed by atoms with Gasteiger partial charge in [-0.25, -0.2) is 4.98 Å². The van der Waals surface area contributed by atoms with Gasteiger partial charge in [-0.3, -0.25) is 4.99 Å². The molecular weight excluding hydrogens is 502 g/mol. The number of likely N-dealkylation sites (tertiary alicyclic amines) is 1. The molecule has 1 aromatic rings. The minimum atomic E-state index is -4.37. The third kappa shape index (κ3) is 7.01. The second-order valence-corrected chi connectivity index (χ2v) is 8.36. The van der Waals surface area contributed by atoms with E-state index in [1.165, 1.54) is 32.2 Å². The van der Waals surface area contributed by atoms with E-state index >= 15 is 0 Å². The van der Waals surface area contributed by atoms with Gasteiger partial charge in [-0.1, -0.05) is 12.8 Å². The molecule has 0 aromatic carbocycles. The zero-order valence-electron chi connectivity index (χ0n) is 16.1. The highest BCUT2D eigenvalue weighted by atomic mass is 127. The monoisotopic (exact) mass is 531 g/mol. The molecule has 1 saturated carbocycles. The summed E-state index contributed by atoms with van der Waals surface area (Å²) in [5.74, 6) is 1.57. The molecule has 160 valence electrons. The van der Waals surface area contributed by atoms with Gasteiger partial charge in [0.2, 0.25) is 0 Å². The smallest absolute Gasteiger partial charge is 0.356 e. The fourth-order valence-electron chi connectivity index (χ4n) is 3.91. The molecule has 2 N–H and O–H groups in total. The van der Waals surface area contributed by atoms with E-state index < -0.39 is 11.9 Å². The zero-order chi connectivity index (χ0) is 19.3. The van der Waals surface area contributed by atoms with Crippen LogP contribution in [0.2, 0.25) is 0 Å². The summed E-state index contributed by atoms with van der Waals surface area (Å²) in [5.41, 5.74) is -0.807. The van der Waals surface area contributed by atoms with Crippen LogP contribution in [-0.4, -0.2) is 55.1 Å². The predicted molar refractivity (Wildman–Crippen MR) is 118 cm³/mol. The predicted octanol–water partition coefficient (Wildman–Crippen LogP) is 3.75. The van der Waals surface area contributed by atoms with E-state index in [1.54, 1.807) is 7.05 Å². The molecular formula is C18H29F3IN5S. The Morgan fingerprint density at radius 2 is 2.07 bits per heavy atom. The molecule has 1 atom stereocenters. The summed E-state index contributed by atoms with van der Waals surface area (Å²) >= 11 is 1.05. The lowest BCUT2D eigenvalue weighted by Gasteiger charge is -2.21. The molecule has 28 heavy (non-hydrogen) atoms. The van der Waals surface area contributed by atoms with Crippen LogP contribution in [0.25, 0.3) is 0 Å². The number of guanidine groups is 1. The van der Waals surface area contributed by atoms with Crippen molar-refractivity contribution in [2.45, 2.75) is 50.7 Å². The summed E-state index contributed by atoms with van der Waals surface area (Å²) in [5, 5.41) is 8.17. The number of aromatic nitrogens is 1. The van der Waals surface area contributed by atoms with Crippen molar-refractivity contribution in [3.63, 3.8) is 0 Å². The summed E-state index contributed by atoms with van der Waals surface area (Å²) in [4.78, 5) is 10.4. The number of nitrogens with one attached hydrogen (secondary N) is 2. The van der Waals surface area contributed by atoms with E-state index in [2.05, 4.69) is 25.5 Å². The van der Waals surface area contributed by atoms with Crippen molar-refractivity contribution in [1.82, 2.24) is 20.5 Å². The fourth-order valence-corrected chi connectivity index (χ4v) is 4.71. The van der Waals surface area contributed by atoms with E-state index in [4.69, 9.17) is 0 Å². The molecule has 10 heteroatoms. The van der Waals surface area contributed by atoms with Gasteiger partial charge < -0.3 is 15.5 Å². The molecule has 0 radical (unpaired) electrons. The van der Waals surface area contributed by atoms with Crippen molar-refractivity contribution in [2.75, 3.05) is 33.2 Å². The molecule has 2 aliphatic rings. The SMILES string of the molecule is CN=C(NCCc1nc(C(F)(F)F)cs1)NC1CCN(CC2CCCC2)C1.I. The summed E-state index contributed by atoms with van der Waals surface area (Å²) in [6.45, 7) is 3.85. The number of nitrogens with zero attached hydrogens (tertiary/aromatic N) is 3. The van der Waals surface area contributed by atoms with Crippen LogP contribution >= 0.6 is 35.3 Å². The van der Waals surface area contributed by atoms with E-state index in [-0.39, 0.29) is 24.0 Å². The Hall–Kier alpha value is -0.620. The Balaban J connectivity index is 0.00000280. The highest BCUT2D eigenvalue weighted by molar-refractivity contribution is 14.0. The molecule has 1 aliphatic carbocycles. The minimum Gasteiger partial charge on any atom is -0.356 e. The number of hydrogen-bond acceptors (Lipinski definition) is 4. The first-order valence-electron chi connectivity index (χ1n) is 9.65. The molecule has 1 saturated heterocycles. The van der Waals surface area contributed by atoms with E-state index in [0.29, 0.717) is 30.0 Å². The number of aliphatic imine (C=N–C) groups is 1. The van der Waals surface area contributed by atoms with E-state index in [1.807, 2.05) is 0 Å². The summed E-state index contributed by atoms with van der Waals surface area (Å²) in [6, 6.07) is 0.370. The lowest BCUT2D eigenvalue weighted by Crippen LogP contribution is -2.45. The van der Waals surface area contributed by atoms with Crippen molar-refractivity contribution in [3.05, 3.63) is 16.1 Å². The Kier molecular flexibility index (Phi) is 9.26. The normalized spacial score (nSPS) is 21.7. The van der Waals surface area contributed by atoms with Crippen LogP contribution in [0.1, 0.15) is 42.8 Å². The second kappa shape index (κ2) is 11.0. The zero-order valence-corrected chi connectivity index (χ0v) is 19.2. The van der Waals surface area contributed by atoms with Crippen LogP contribution in [0.15, 0.2) is 10.4 Å². The molecule has 0 bridgehead atoms. The molecule has 1 aromatic heterocycles. The fraction of sp³-hybridized carbons (Fsp3) is 0.778. The molecule has 0 spiro atoms. The highest BCUT2D eigenvalue weighted by Crippen LogP contribution is 2.30. The van der Waals surface area contributed by atoms with Crippen LogP contribution in [0.4, 0.5) is 13.2 Å². The van der Waals surface area contributed by atoms with Gasteiger partial charge in [0.1, 0.15) is 0 Å². The summed E-state index contributed by atoms with van der Waals surface area (Å²) in [6.07, 6.45) is 2.65. The maximum atomic E-state index is 12.6. The van der Waals surface area contributed by atoms with Gasteiger partial charge in [0.25, 0.3) is 0 Å². The molecule has 2 heterocycles. The van der Waals surface area contributed by atoms with Crippen molar-refractivity contribution in [3.8, 4) is 0 Å². The van der Waals surface area contributed by atoms with E-state index in [9.17, 15) is 13.2 Å². The van der Waals surface area contributed by atoms with Crippen LogP contribution in [0, 0.1) is 5.92 Å². The Morgan fingerprint density at radius 1 is 1.32 bits per heavy atom. The van der Waals surface area contributed by atoms with Gasteiger partial charge in [-0.15, -0.1) is 35.3 Å². The van der Waals surface area contributed by atoms with Crippen LogP contribution in [0.3, 0.4) is 0 Å². The first-order valence-corrected chi connectivity index (χ1v) is 10.5. The Morgan fingerprint density at radius 3 is 2.71 bits per heavy atom. The summed E-state index contributed by atoms with van der Waals surface area (Å²) < 4.78 is 37.8. The number of thiazole rings is 1. The first kappa shape index (κ1) is 23.7. The number of alkyl halides is 3. The van der Waals surface area contributed by atoms with Crippen molar-refractivity contribution >= 4 is 41.3 Å². The van der Waals surface area contributed by atoms with Gasteiger partial charge in [0.15, 0.2) is 11.7 Å². The number of halogens is 4. The highest BCUT2D eigenvalue weighted by Gasteiger charge is 2.33. The van der Waals surface area contributed by atoms with Crippen molar-refractivity contribution in [2.24, 2.45) is 10.9 Å². The average Bonchev–Trinajstić information content (AvgIpc) is 3.36. The topological polar surface area (TPSA) is 52.6 Å². The van der Waals surface area contributed by atoms with Crippen LogP contribution in [-0.2, 0) is 12.6 Å². The largest absolute Gasteiger partial charge is 0.434 e. The third-order valence-corrected chi connectivity index (χ3v) is 6.21. The standard InChI is InChI=1S/C18H28F3N5S.HI/c1-22-17(23-8-6-16-25-15(12-27-16)18(19,20)21)24-14-7-9-26(11-14)10-13-4-2-3-5-13;/h12-14H,2-11H2,1H3,(H2,22,23,24);1H. The molecule has 1 unspecified atom stereocenters. The lowest BCUT2D eigenvalue weighted by molar-refractivity contribution is -0.140. The number of rotatable bonds is 6. The lowest BCUT2D eigenvalue weighted by atomic mass is 10.1. The molecule has 3 rings (SSSR count). The molecule has 0 amide bonds. The minimum absolute atomic E-state index is 0. The molecule has 5 nitrogen and oxygen atoms in total. The van der Waals surface area contributed by atoms with Gasteiger partial charge in [0.05, 0.1) is 5.01 Å². The van der Waals surface area contributed by atoms with Crippen molar-refractivity contribution in [1.29, 1.82) is 0 Å².